The minimum atomic E-state index is -3.43. The molecule has 0 aliphatic rings. The lowest BCUT2D eigenvalue weighted by molar-refractivity contribution is -0.121. The number of nitrogens with zero attached hydrogens (tertiary/aromatic N) is 1. The maximum atomic E-state index is 12.5. The van der Waals surface area contributed by atoms with E-state index in [4.69, 9.17) is 0 Å². The van der Waals surface area contributed by atoms with Crippen LogP contribution in [0.4, 0.5) is 5.69 Å². The summed E-state index contributed by atoms with van der Waals surface area (Å²) >= 11 is 0. The van der Waals surface area contributed by atoms with E-state index in [-0.39, 0.29) is 24.9 Å². The van der Waals surface area contributed by atoms with Gasteiger partial charge in [-0.15, -0.1) is 0 Å². The molecule has 0 aromatic heterocycles. The van der Waals surface area contributed by atoms with Crippen LogP contribution in [0.2, 0.25) is 0 Å². The molecule has 0 unspecified atom stereocenters. The van der Waals surface area contributed by atoms with Gasteiger partial charge in [-0.2, -0.15) is 0 Å². The summed E-state index contributed by atoms with van der Waals surface area (Å²) in [6, 6.07) is 13.8. The first kappa shape index (κ1) is 22.9. The second kappa shape index (κ2) is 9.92. The summed E-state index contributed by atoms with van der Waals surface area (Å²) in [6.07, 6.45) is 2.74. The SMILES string of the molecule is CC[C@H](NC(=O)CCCN(c1cccc(C)c1C)S(C)(=O)=O)c1ccc(C)cc1. The van der Waals surface area contributed by atoms with Gasteiger partial charge in [-0.1, -0.05) is 48.9 Å². The minimum absolute atomic E-state index is 0.0341. The fourth-order valence-corrected chi connectivity index (χ4v) is 4.36. The third kappa shape index (κ3) is 6.32. The van der Waals surface area contributed by atoms with Gasteiger partial charge in [0.05, 0.1) is 18.0 Å². The molecule has 0 fully saturated rings. The van der Waals surface area contributed by atoms with Crippen molar-refractivity contribution in [1.82, 2.24) is 5.32 Å². The molecule has 2 aromatic carbocycles. The van der Waals surface area contributed by atoms with Crippen LogP contribution in [0.15, 0.2) is 42.5 Å². The molecule has 0 radical (unpaired) electrons. The maximum Gasteiger partial charge on any atom is 0.232 e. The molecule has 2 rings (SSSR count). The zero-order valence-corrected chi connectivity index (χ0v) is 18.8. The first-order valence-corrected chi connectivity index (χ1v) is 11.9. The van der Waals surface area contributed by atoms with Crippen molar-refractivity contribution in [3.63, 3.8) is 0 Å². The van der Waals surface area contributed by atoms with Crippen LogP contribution in [-0.2, 0) is 14.8 Å². The Bertz CT molecular complexity index is 937. The lowest BCUT2D eigenvalue weighted by Gasteiger charge is -2.25. The highest BCUT2D eigenvalue weighted by Crippen LogP contribution is 2.25. The van der Waals surface area contributed by atoms with E-state index in [1.54, 1.807) is 0 Å². The van der Waals surface area contributed by atoms with Crippen molar-refractivity contribution in [2.75, 3.05) is 17.1 Å². The molecule has 5 nitrogen and oxygen atoms in total. The number of anilines is 1. The van der Waals surface area contributed by atoms with Crippen molar-refractivity contribution >= 4 is 21.6 Å². The molecule has 158 valence electrons. The summed E-state index contributed by atoms with van der Waals surface area (Å²) in [4.78, 5) is 12.5. The highest BCUT2D eigenvalue weighted by atomic mass is 32.2. The molecule has 2 aromatic rings. The topological polar surface area (TPSA) is 66.5 Å². The largest absolute Gasteiger partial charge is 0.349 e. The summed E-state index contributed by atoms with van der Waals surface area (Å²) in [7, 11) is -3.43. The highest BCUT2D eigenvalue weighted by Gasteiger charge is 2.20. The van der Waals surface area contributed by atoms with Gasteiger partial charge in [0.25, 0.3) is 0 Å². The predicted octanol–water partition coefficient (Wildman–Crippen LogP) is 4.43. The van der Waals surface area contributed by atoms with Crippen LogP contribution in [-0.4, -0.2) is 27.1 Å². The third-order valence-electron chi connectivity index (χ3n) is 5.23. The van der Waals surface area contributed by atoms with Gasteiger partial charge in [-0.05, 0) is 56.4 Å². The van der Waals surface area contributed by atoms with Crippen LogP contribution in [0.1, 0.15) is 54.5 Å². The summed E-state index contributed by atoms with van der Waals surface area (Å²) in [5.41, 5.74) is 4.92. The quantitative estimate of drug-likeness (QED) is 0.658. The van der Waals surface area contributed by atoms with Crippen LogP contribution in [0.25, 0.3) is 0 Å². The predicted molar refractivity (Wildman–Crippen MR) is 120 cm³/mol. The summed E-state index contributed by atoms with van der Waals surface area (Å²) < 4.78 is 26.1. The van der Waals surface area contributed by atoms with E-state index in [9.17, 15) is 13.2 Å². The fourth-order valence-electron chi connectivity index (χ4n) is 3.34. The van der Waals surface area contributed by atoms with Crippen molar-refractivity contribution < 1.29 is 13.2 Å². The number of aryl methyl sites for hydroxylation is 2. The third-order valence-corrected chi connectivity index (χ3v) is 6.41. The van der Waals surface area contributed by atoms with Gasteiger partial charge in [0.1, 0.15) is 0 Å². The van der Waals surface area contributed by atoms with Crippen LogP contribution in [0.5, 0.6) is 0 Å². The molecular formula is C23H32N2O3S. The molecule has 6 heteroatoms. The van der Waals surface area contributed by atoms with Crippen LogP contribution < -0.4 is 9.62 Å². The molecule has 1 atom stereocenters. The zero-order valence-electron chi connectivity index (χ0n) is 18.0. The number of hydrogen-bond donors (Lipinski definition) is 1. The van der Waals surface area contributed by atoms with Crippen molar-refractivity contribution in [2.45, 2.75) is 53.0 Å². The molecule has 0 heterocycles. The number of amides is 1. The number of nitrogens with one attached hydrogen (secondary N) is 1. The fraction of sp³-hybridized carbons (Fsp3) is 0.435. The normalized spacial score (nSPS) is 12.4. The number of carbonyl (C=O) groups excluding carboxylic acids is 1. The molecule has 0 saturated carbocycles. The van der Waals surface area contributed by atoms with E-state index in [0.717, 1.165) is 23.1 Å². The number of benzene rings is 2. The van der Waals surface area contributed by atoms with Crippen molar-refractivity contribution in [2.24, 2.45) is 0 Å². The van der Waals surface area contributed by atoms with Gasteiger partial charge in [-0.3, -0.25) is 9.10 Å². The van der Waals surface area contributed by atoms with Crippen molar-refractivity contribution in [3.8, 4) is 0 Å². The Labute approximate surface area is 175 Å². The molecule has 1 amide bonds. The maximum absolute atomic E-state index is 12.5. The summed E-state index contributed by atoms with van der Waals surface area (Å²) in [5.74, 6) is -0.0631. The smallest absolute Gasteiger partial charge is 0.232 e. The van der Waals surface area contributed by atoms with Crippen LogP contribution >= 0.6 is 0 Å². The number of carbonyl (C=O) groups is 1. The second-order valence-electron chi connectivity index (χ2n) is 7.60. The molecule has 0 aliphatic heterocycles. The number of hydrogen-bond acceptors (Lipinski definition) is 3. The van der Waals surface area contributed by atoms with E-state index in [1.165, 1.54) is 16.1 Å². The number of sulfonamides is 1. The van der Waals surface area contributed by atoms with Gasteiger partial charge < -0.3 is 5.32 Å². The molecule has 0 spiro atoms. The Morgan fingerprint density at radius 1 is 1.07 bits per heavy atom. The van der Waals surface area contributed by atoms with Crippen molar-refractivity contribution in [1.29, 1.82) is 0 Å². The average Bonchev–Trinajstić information content (AvgIpc) is 2.66. The van der Waals surface area contributed by atoms with E-state index >= 15 is 0 Å². The van der Waals surface area contributed by atoms with Gasteiger partial charge in [0.2, 0.25) is 15.9 Å². The summed E-state index contributed by atoms with van der Waals surface area (Å²) in [6.45, 7) is 8.23. The Balaban J connectivity index is 2.01. The van der Waals surface area contributed by atoms with Crippen LogP contribution in [0, 0.1) is 20.8 Å². The average molecular weight is 417 g/mol. The highest BCUT2D eigenvalue weighted by molar-refractivity contribution is 7.92. The molecule has 0 saturated heterocycles. The van der Waals surface area contributed by atoms with Crippen LogP contribution in [0.3, 0.4) is 0 Å². The second-order valence-corrected chi connectivity index (χ2v) is 9.50. The van der Waals surface area contributed by atoms with E-state index in [1.807, 2.05) is 70.2 Å². The van der Waals surface area contributed by atoms with E-state index in [2.05, 4.69) is 5.32 Å². The standard InChI is InChI=1S/C23H32N2O3S/c1-6-21(20-14-12-17(2)13-15-20)24-23(26)11-8-16-25(29(5,27)28)22-10-7-9-18(3)19(22)4/h7,9-10,12-15,21H,6,8,11,16H2,1-5H3,(H,24,26)/t21-/m0/s1. The Kier molecular flexibility index (Phi) is 7.85. The molecule has 0 bridgehead atoms. The Morgan fingerprint density at radius 2 is 1.72 bits per heavy atom. The molecule has 29 heavy (non-hydrogen) atoms. The van der Waals surface area contributed by atoms with E-state index in [0.29, 0.717) is 12.1 Å². The van der Waals surface area contributed by atoms with Gasteiger partial charge >= 0.3 is 0 Å². The number of rotatable bonds is 9. The first-order chi connectivity index (χ1) is 13.6. The van der Waals surface area contributed by atoms with Crippen molar-refractivity contribution in [3.05, 3.63) is 64.7 Å². The minimum Gasteiger partial charge on any atom is -0.349 e. The summed E-state index contributed by atoms with van der Waals surface area (Å²) in [5, 5.41) is 3.07. The van der Waals surface area contributed by atoms with E-state index < -0.39 is 10.0 Å². The molecular weight excluding hydrogens is 384 g/mol. The Morgan fingerprint density at radius 3 is 2.31 bits per heavy atom. The monoisotopic (exact) mass is 416 g/mol. The lowest BCUT2D eigenvalue weighted by atomic mass is 10.0. The molecule has 0 aliphatic carbocycles. The van der Waals surface area contributed by atoms with Gasteiger partial charge in [0.15, 0.2) is 0 Å². The first-order valence-electron chi connectivity index (χ1n) is 10.0. The lowest BCUT2D eigenvalue weighted by Crippen LogP contribution is -2.33. The molecule has 1 N–H and O–H groups in total. The Hall–Kier alpha value is -2.34. The van der Waals surface area contributed by atoms with Gasteiger partial charge in [-0.25, -0.2) is 8.42 Å². The zero-order chi connectivity index (χ0) is 21.6. The van der Waals surface area contributed by atoms with Gasteiger partial charge in [0, 0.05) is 13.0 Å².